The zero-order chi connectivity index (χ0) is 20.3. The van der Waals surface area contributed by atoms with Crippen LogP contribution >= 0.6 is 23.1 Å². The lowest BCUT2D eigenvalue weighted by Gasteiger charge is -2.25. The van der Waals surface area contributed by atoms with Crippen LogP contribution in [0.1, 0.15) is 4.88 Å². The molecule has 8 heteroatoms. The van der Waals surface area contributed by atoms with Crippen molar-refractivity contribution in [3.63, 3.8) is 0 Å². The summed E-state index contributed by atoms with van der Waals surface area (Å²) < 4.78 is 11.3. The molecule has 152 valence electrons. The first-order valence-corrected chi connectivity index (χ1v) is 11.4. The normalized spacial score (nSPS) is 12.8. The third kappa shape index (κ3) is 4.01. The number of benzene rings is 2. The maximum Gasteiger partial charge on any atom is 0.237 e. The van der Waals surface area contributed by atoms with Crippen LogP contribution in [0, 0.1) is 0 Å². The van der Waals surface area contributed by atoms with Gasteiger partial charge in [-0.25, -0.2) is 4.98 Å². The summed E-state index contributed by atoms with van der Waals surface area (Å²) in [6.45, 7) is 1.56. The van der Waals surface area contributed by atoms with Crippen molar-refractivity contribution in [2.75, 3.05) is 23.9 Å². The number of anilines is 1. The molecule has 6 nitrogen and oxygen atoms in total. The van der Waals surface area contributed by atoms with Gasteiger partial charge in [0, 0.05) is 16.6 Å². The molecule has 1 amide bonds. The molecule has 2 aromatic carbocycles. The smallest absolute Gasteiger partial charge is 0.237 e. The van der Waals surface area contributed by atoms with Gasteiger partial charge in [-0.05, 0) is 35.7 Å². The Labute approximate surface area is 181 Å². The zero-order valence-corrected chi connectivity index (χ0v) is 17.7. The molecule has 0 spiro atoms. The number of para-hydroxylation sites is 2. The molecule has 0 aliphatic carbocycles. The van der Waals surface area contributed by atoms with Gasteiger partial charge >= 0.3 is 0 Å². The number of H-pyrrole nitrogens is 1. The molecule has 0 radical (unpaired) electrons. The lowest BCUT2D eigenvalue weighted by molar-refractivity contribution is -0.116. The Kier molecular flexibility index (Phi) is 5.33. The molecule has 3 heterocycles. The molecular weight excluding hydrogens is 418 g/mol. The summed E-state index contributed by atoms with van der Waals surface area (Å²) in [5.74, 6) is 1.67. The van der Waals surface area contributed by atoms with E-state index in [0.717, 1.165) is 26.8 Å². The number of nitrogens with zero attached hydrogens (tertiary/aromatic N) is 2. The molecule has 0 atom stereocenters. The van der Waals surface area contributed by atoms with Crippen molar-refractivity contribution in [1.82, 2.24) is 9.97 Å². The SMILES string of the molecule is O=C(CSc1nc2ccccc2[nH]1)N(Cc1cccs1)c1ccc2c(c1)OCCO2. The van der Waals surface area contributed by atoms with Crippen LogP contribution in [-0.4, -0.2) is 34.8 Å². The van der Waals surface area contributed by atoms with Gasteiger partial charge in [-0.1, -0.05) is 30.0 Å². The number of ether oxygens (including phenoxy) is 2. The van der Waals surface area contributed by atoms with Gasteiger partial charge in [-0.15, -0.1) is 11.3 Å². The van der Waals surface area contributed by atoms with Crippen molar-refractivity contribution in [3.05, 3.63) is 64.9 Å². The monoisotopic (exact) mass is 437 g/mol. The van der Waals surface area contributed by atoms with E-state index in [2.05, 4.69) is 9.97 Å². The third-order valence-corrected chi connectivity index (χ3v) is 6.45. The second kappa shape index (κ2) is 8.41. The molecule has 1 aliphatic heterocycles. The van der Waals surface area contributed by atoms with E-state index < -0.39 is 0 Å². The molecule has 0 saturated heterocycles. The molecule has 0 unspecified atom stereocenters. The number of aromatic nitrogens is 2. The largest absolute Gasteiger partial charge is 0.486 e. The number of fused-ring (bicyclic) bond motifs is 2. The van der Waals surface area contributed by atoms with Gasteiger partial charge in [0.05, 0.1) is 23.3 Å². The summed E-state index contributed by atoms with van der Waals surface area (Å²) >= 11 is 3.04. The lowest BCUT2D eigenvalue weighted by atomic mass is 10.2. The number of rotatable bonds is 6. The lowest BCUT2D eigenvalue weighted by Crippen LogP contribution is -2.31. The Hall–Kier alpha value is -2.97. The average Bonchev–Trinajstić information content (AvgIpc) is 3.45. The minimum Gasteiger partial charge on any atom is -0.486 e. The number of hydrogen-bond acceptors (Lipinski definition) is 6. The minimum atomic E-state index is 0.00512. The van der Waals surface area contributed by atoms with Crippen LogP contribution in [0.3, 0.4) is 0 Å². The highest BCUT2D eigenvalue weighted by Crippen LogP contribution is 2.35. The fourth-order valence-corrected chi connectivity index (χ4v) is 4.74. The molecule has 0 bridgehead atoms. The predicted molar refractivity (Wildman–Crippen MR) is 120 cm³/mol. The second-order valence-corrected chi connectivity index (χ2v) is 8.73. The Morgan fingerprint density at radius 1 is 1.10 bits per heavy atom. The summed E-state index contributed by atoms with van der Waals surface area (Å²) in [6, 6.07) is 17.5. The van der Waals surface area contributed by atoms with Crippen LogP contribution in [0.2, 0.25) is 0 Å². The molecule has 5 rings (SSSR count). The Morgan fingerprint density at radius 3 is 2.80 bits per heavy atom. The number of carbonyl (C=O) groups is 1. The highest BCUT2D eigenvalue weighted by Gasteiger charge is 2.21. The van der Waals surface area contributed by atoms with Crippen LogP contribution in [-0.2, 0) is 11.3 Å². The number of thiophene rings is 1. The van der Waals surface area contributed by atoms with E-state index in [0.29, 0.717) is 31.3 Å². The number of thioether (sulfide) groups is 1. The number of amides is 1. The summed E-state index contributed by atoms with van der Waals surface area (Å²) in [5, 5.41) is 2.76. The first-order valence-electron chi connectivity index (χ1n) is 9.56. The number of hydrogen-bond donors (Lipinski definition) is 1. The number of aromatic amines is 1. The van der Waals surface area contributed by atoms with Gasteiger partial charge in [0.1, 0.15) is 13.2 Å². The van der Waals surface area contributed by atoms with Crippen LogP contribution in [0.25, 0.3) is 11.0 Å². The predicted octanol–water partition coefficient (Wildman–Crippen LogP) is 4.72. The summed E-state index contributed by atoms with van der Waals surface area (Å²) in [7, 11) is 0. The van der Waals surface area contributed by atoms with Gasteiger partial charge < -0.3 is 19.4 Å². The molecule has 0 fully saturated rings. The van der Waals surface area contributed by atoms with E-state index in [1.165, 1.54) is 11.8 Å². The van der Waals surface area contributed by atoms with Crippen molar-refractivity contribution in [2.24, 2.45) is 0 Å². The van der Waals surface area contributed by atoms with Crippen molar-refractivity contribution in [2.45, 2.75) is 11.7 Å². The molecule has 1 N–H and O–H groups in total. The summed E-state index contributed by atoms with van der Waals surface area (Å²) in [6.07, 6.45) is 0. The fraction of sp³-hybridized carbons (Fsp3) is 0.182. The molecule has 2 aromatic heterocycles. The van der Waals surface area contributed by atoms with Gasteiger partial charge in [0.2, 0.25) is 5.91 Å². The quantitative estimate of drug-likeness (QED) is 0.442. The van der Waals surface area contributed by atoms with Crippen LogP contribution in [0.4, 0.5) is 5.69 Å². The van der Waals surface area contributed by atoms with Gasteiger partial charge in [0.25, 0.3) is 0 Å². The Balaban J connectivity index is 1.37. The highest BCUT2D eigenvalue weighted by molar-refractivity contribution is 7.99. The first-order chi connectivity index (χ1) is 14.8. The van der Waals surface area contributed by atoms with E-state index in [4.69, 9.17) is 9.47 Å². The third-order valence-electron chi connectivity index (χ3n) is 4.73. The van der Waals surface area contributed by atoms with Crippen LogP contribution in [0.15, 0.2) is 65.1 Å². The van der Waals surface area contributed by atoms with Crippen molar-refractivity contribution in [1.29, 1.82) is 0 Å². The fourth-order valence-electron chi connectivity index (χ4n) is 3.29. The van der Waals surface area contributed by atoms with E-state index >= 15 is 0 Å². The van der Waals surface area contributed by atoms with Crippen molar-refractivity contribution < 1.29 is 14.3 Å². The van der Waals surface area contributed by atoms with E-state index in [9.17, 15) is 4.79 Å². The van der Waals surface area contributed by atoms with Crippen molar-refractivity contribution in [3.8, 4) is 11.5 Å². The van der Waals surface area contributed by atoms with Crippen LogP contribution in [0.5, 0.6) is 11.5 Å². The second-order valence-electron chi connectivity index (χ2n) is 6.73. The standard InChI is InChI=1S/C22H19N3O3S2/c26-21(14-30-22-23-17-5-1-2-6-18(17)24-22)25(13-16-4-3-11-29-16)15-7-8-19-20(12-15)28-10-9-27-19/h1-8,11-12H,9-10,13-14H2,(H,23,24). The summed E-state index contributed by atoms with van der Waals surface area (Å²) in [5.41, 5.74) is 2.66. The topological polar surface area (TPSA) is 67.5 Å². The summed E-state index contributed by atoms with van der Waals surface area (Å²) in [4.78, 5) is 23.9. The molecule has 30 heavy (non-hydrogen) atoms. The average molecular weight is 438 g/mol. The number of nitrogens with one attached hydrogen (secondary N) is 1. The number of imidazole rings is 1. The Bertz CT molecular complexity index is 1140. The van der Waals surface area contributed by atoms with E-state index in [1.807, 2.05) is 60.0 Å². The molecule has 0 saturated carbocycles. The minimum absolute atomic E-state index is 0.00512. The zero-order valence-electron chi connectivity index (χ0n) is 16.0. The van der Waals surface area contributed by atoms with Crippen LogP contribution < -0.4 is 14.4 Å². The van der Waals surface area contributed by atoms with Gasteiger partial charge in [-0.3, -0.25) is 4.79 Å². The first kappa shape index (κ1) is 19.0. The van der Waals surface area contributed by atoms with Gasteiger partial charge in [0.15, 0.2) is 16.7 Å². The van der Waals surface area contributed by atoms with Crippen molar-refractivity contribution >= 4 is 45.7 Å². The highest BCUT2D eigenvalue weighted by atomic mass is 32.2. The Morgan fingerprint density at radius 2 is 1.97 bits per heavy atom. The maximum atomic E-state index is 13.2. The van der Waals surface area contributed by atoms with E-state index in [1.54, 1.807) is 16.2 Å². The number of carbonyl (C=O) groups excluding carboxylic acids is 1. The van der Waals surface area contributed by atoms with Gasteiger partial charge in [-0.2, -0.15) is 0 Å². The molecule has 4 aromatic rings. The molecule has 1 aliphatic rings. The van der Waals surface area contributed by atoms with E-state index in [-0.39, 0.29) is 11.7 Å². The maximum absolute atomic E-state index is 13.2. The molecular formula is C22H19N3O3S2.